The topological polar surface area (TPSA) is 3.24 Å². The normalized spacial score (nSPS) is 16.0. The highest BCUT2D eigenvalue weighted by atomic mass is 15.1. The maximum Gasteiger partial charge on any atom is 0.0461 e. The van der Waals surface area contributed by atoms with E-state index in [9.17, 15) is 0 Å². The van der Waals surface area contributed by atoms with E-state index in [1.54, 1.807) is 0 Å². The van der Waals surface area contributed by atoms with Crippen LogP contribution in [0.25, 0.3) is 72.3 Å². The van der Waals surface area contributed by atoms with Crippen LogP contribution >= 0.6 is 0 Å². The van der Waals surface area contributed by atoms with Crippen LogP contribution in [0.15, 0.2) is 260 Å². The molecular weight excluding hydrogens is 1020 g/mol. The second kappa shape index (κ2) is 22.2. The van der Waals surface area contributed by atoms with E-state index in [4.69, 9.17) is 0 Å². The third-order valence-corrected chi connectivity index (χ3v) is 19.0. The summed E-state index contributed by atoms with van der Waals surface area (Å²) in [5.41, 5.74) is 30.0. The molecule has 0 saturated heterocycles. The minimum absolute atomic E-state index is 0.332. The number of hydrogen-bond donors (Lipinski definition) is 0. The molecule has 0 amide bonds. The monoisotopic (exact) mass is 1090 g/mol. The van der Waals surface area contributed by atoms with Gasteiger partial charge in [0, 0.05) is 28.9 Å². The lowest BCUT2D eigenvalue weighted by atomic mass is 9.73. The van der Waals surface area contributed by atoms with Crippen molar-refractivity contribution in [3.8, 4) is 22.3 Å². The summed E-state index contributed by atoms with van der Waals surface area (Å²) in [7, 11) is 0. The lowest BCUT2D eigenvalue weighted by molar-refractivity contribution is 0.613. The van der Waals surface area contributed by atoms with Crippen LogP contribution in [0.4, 0.5) is 17.1 Å². The predicted octanol–water partition coefficient (Wildman–Crippen LogP) is 21.9. The molecule has 85 heavy (non-hydrogen) atoms. The van der Waals surface area contributed by atoms with E-state index in [-0.39, 0.29) is 0 Å². The molecule has 16 rings (SSSR count). The summed E-state index contributed by atoms with van der Waals surface area (Å²) < 4.78 is 0. The Balaban J connectivity index is 0.000000242. The van der Waals surface area contributed by atoms with Gasteiger partial charge in [-0.2, -0.15) is 0 Å². The number of rotatable bonds is 9. The van der Waals surface area contributed by atoms with Crippen molar-refractivity contribution in [2.45, 2.75) is 65.7 Å². The van der Waals surface area contributed by atoms with Crippen LogP contribution in [0.3, 0.4) is 0 Å². The molecule has 11 aromatic carbocycles. The molecule has 0 aromatic heterocycles. The first-order valence-electron chi connectivity index (χ1n) is 30.8. The highest BCUT2D eigenvalue weighted by Gasteiger charge is 2.29. The number of fused-ring (bicyclic) bond motifs is 11. The molecule has 0 saturated carbocycles. The van der Waals surface area contributed by atoms with Crippen molar-refractivity contribution in [3.05, 3.63) is 333 Å². The standard InChI is InChI=1S/C63H55N.C21H14/c1-42-20-32-52(33-21-42)64(53-34-23-45(24-35-53)40-51-29-28-50-15-7-11-19-59(50)63(51)56-38-30-47-12-4-8-16-55(47)44(56)3)54-36-25-46(26-37-54)41-61-57-17-9-5-13-48(57)31-39-60(61)62-43(2)22-27-49-14-6-10-18-58(49)62;1-3-7-17-14(5-1)11-12-19-20(17)13-16-10-9-15-6-2-4-8-18(15)21(16)19/h5-6,8-11,13-14,16-39,48,57H,4,7,12,15,40-41H2,1-3H3;1-12H,13H2. The largest absolute Gasteiger partial charge is 0.311 e. The fourth-order valence-electron chi connectivity index (χ4n) is 14.7. The fourth-order valence-corrected chi connectivity index (χ4v) is 14.7. The van der Waals surface area contributed by atoms with Crippen LogP contribution in [-0.4, -0.2) is 0 Å². The molecule has 0 bridgehead atoms. The van der Waals surface area contributed by atoms with Crippen molar-refractivity contribution in [2.24, 2.45) is 11.8 Å². The number of allylic oxidation sites excluding steroid dienone is 10. The Hall–Kier alpha value is -9.56. The average molecular weight is 1090 g/mol. The van der Waals surface area contributed by atoms with E-state index in [1.807, 2.05) is 0 Å². The molecule has 5 aliphatic carbocycles. The first-order chi connectivity index (χ1) is 41.9. The van der Waals surface area contributed by atoms with Gasteiger partial charge in [0.1, 0.15) is 0 Å². The van der Waals surface area contributed by atoms with Gasteiger partial charge in [-0.3, -0.25) is 0 Å². The number of hydrogen-bond acceptors (Lipinski definition) is 1. The van der Waals surface area contributed by atoms with Crippen LogP contribution in [0.1, 0.15) is 85.2 Å². The second-order valence-corrected chi connectivity index (χ2v) is 24.2. The molecule has 0 fully saturated rings. The van der Waals surface area contributed by atoms with E-state index in [0.717, 1.165) is 62.0 Å². The molecule has 0 aliphatic heterocycles. The molecule has 0 N–H and O–H groups in total. The minimum Gasteiger partial charge on any atom is -0.311 e. The van der Waals surface area contributed by atoms with Crippen molar-refractivity contribution in [1.29, 1.82) is 0 Å². The Kier molecular flexibility index (Phi) is 13.7. The molecule has 0 heterocycles. The molecule has 410 valence electrons. The Morgan fingerprint density at radius 1 is 0.424 bits per heavy atom. The number of aryl methyl sites for hydroxylation is 4. The van der Waals surface area contributed by atoms with Gasteiger partial charge < -0.3 is 4.90 Å². The predicted molar refractivity (Wildman–Crippen MR) is 363 cm³/mol. The van der Waals surface area contributed by atoms with Gasteiger partial charge >= 0.3 is 0 Å². The summed E-state index contributed by atoms with van der Waals surface area (Å²) >= 11 is 0. The quantitative estimate of drug-likeness (QED) is 0.139. The maximum absolute atomic E-state index is 2.41. The number of benzene rings is 11. The summed E-state index contributed by atoms with van der Waals surface area (Å²) in [6.07, 6.45) is 30.8. The molecule has 1 nitrogen and oxygen atoms in total. The second-order valence-electron chi connectivity index (χ2n) is 24.2. The zero-order chi connectivity index (χ0) is 57.0. The zero-order valence-corrected chi connectivity index (χ0v) is 49.0. The summed E-state index contributed by atoms with van der Waals surface area (Å²) in [4.78, 5) is 2.41. The first kappa shape index (κ1) is 52.3. The first-order valence-corrected chi connectivity index (χ1v) is 30.8. The van der Waals surface area contributed by atoms with Gasteiger partial charge in [-0.15, -0.1) is 0 Å². The molecule has 2 unspecified atom stereocenters. The molecule has 11 aromatic rings. The van der Waals surface area contributed by atoms with Crippen LogP contribution in [0.5, 0.6) is 0 Å². The van der Waals surface area contributed by atoms with Gasteiger partial charge in [-0.1, -0.05) is 242 Å². The average Bonchev–Trinajstić information content (AvgIpc) is 3.02. The third kappa shape index (κ3) is 9.72. The van der Waals surface area contributed by atoms with E-state index < -0.39 is 0 Å². The van der Waals surface area contributed by atoms with Crippen molar-refractivity contribution in [3.63, 3.8) is 0 Å². The van der Waals surface area contributed by atoms with Crippen molar-refractivity contribution >= 4 is 67.1 Å². The smallest absolute Gasteiger partial charge is 0.0461 e. The molecule has 0 spiro atoms. The zero-order valence-electron chi connectivity index (χ0n) is 49.0. The highest BCUT2D eigenvalue weighted by molar-refractivity contribution is 6.05. The van der Waals surface area contributed by atoms with Crippen LogP contribution in [0.2, 0.25) is 0 Å². The van der Waals surface area contributed by atoms with Crippen molar-refractivity contribution in [2.75, 3.05) is 4.90 Å². The van der Waals surface area contributed by atoms with E-state index >= 15 is 0 Å². The molecular formula is C84H69N. The van der Waals surface area contributed by atoms with Crippen LogP contribution < -0.4 is 4.90 Å². The van der Waals surface area contributed by atoms with Crippen LogP contribution in [-0.2, 0) is 32.1 Å². The Morgan fingerprint density at radius 3 is 1.69 bits per heavy atom. The van der Waals surface area contributed by atoms with Gasteiger partial charge in [-0.25, -0.2) is 0 Å². The summed E-state index contributed by atoms with van der Waals surface area (Å²) in [6, 6.07) is 77.1. The van der Waals surface area contributed by atoms with Gasteiger partial charge in [0.2, 0.25) is 0 Å². The molecule has 5 aliphatic rings. The van der Waals surface area contributed by atoms with E-state index in [0.29, 0.717) is 11.8 Å². The van der Waals surface area contributed by atoms with E-state index in [2.05, 4.69) is 293 Å². The molecule has 0 radical (unpaired) electrons. The minimum atomic E-state index is 0.332. The Morgan fingerprint density at radius 2 is 0.976 bits per heavy atom. The van der Waals surface area contributed by atoms with Gasteiger partial charge in [0.25, 0.3) is 0 Å². The van der Waals surface area contributed by atoms with Gasteiger partial charge in [0.15, 0.2) is 0 Å². The number of anilines is 3. The van der Waals surface area contributed by atoms with Crippen molar-refractivity contribution in [1.82, 2.24) is 0 Å². The van der Waals surface area contributed by atoms with Gasteiger partial charge in [-0.05, 0) is 229 Å². The number of nitrogens with zero attached hydrogens (tertiary/aromatic N) is 1. The highest BCUT2D eigenvalue weighted by Crippen LogP contribution is 2.47. The SMILES string of the molecule is Cc1ccc(N(c2ccc(CC3=C(c4c(C)ccc5ccccc45)C=CC4C=CC=CC34)cc2)c2ccc(Cc3ccc4c(c3-c3ccc5c(c3C)C=CCC5)C=CCC4)cc2)cc1.c1ccc2c3c(ccc2c1)-c1c(ccc2ccccc12)C3. The summed E-state index contributed by atoms with van der Waals surface area (Å²) in [5, 5.41) is 8.06. The fraction of sp³-hybridized carbons (Fsp3) is 0.143. The van der Waals surface area contributed by atoms with Gasteiger partial charge in [0.05, 0.1) is 0 Å². The Bertz CT molecular complexity index is 4630. The summed E-state index contributed by atoms with van der Waals surface area (Å²) in [5.74, 6) is 0.706. The third-order valence-electron chi connectivity index (χ3n) is 19.0. The summed E-state index contributed by atoms with van der Waals surface area (Å²) in [6.45, 7) is 6.76. The lowest BCUT2D eigenvalue weighted by Gasteiger charge is -2.31. The maximum atomic E-state index is 2.41. The van der Waals surface area contributed by atoms with E-state index in [1.165, 1.54) is 138 Å². The van der Waals surface area contributed by atoms with Crippen LogP contribution in [0, 0.1) is 32.6 Å². The Labute approximate surface area is 501 Å². The lowest BCUT2D eigenvalue weighted by Crippen LogP contribution is -2.19. The molecule has 1 heteroatoms. The molecule has 2 atom stereocenters. The van der Waals surface area contributed by atoms with Crippen molar-refractivity contribution < 1.29 is 0 Å².